The Kier molecular flexibility index (Phi) is 5.78. The van der Waals surface area contributed by atoms with Crippen LogP contribution in [0.25, 0.3) is 0 Å². The second-order valence-corrected chi connectivity index (χ2v) is 7.16. The molecule has 3 N–H and O–H groups in total. The number of carbonyl (C=O) groups excluding carboxylic acids is 1. The lowest BCUT2D eigenvalue weighted by molar-refractivity contribution is -0.113. The molecule has 0 fully saturated rings. The maximum absolute atomic E-state index is 12.0. The van der Waals surface area contributed by atoms with Gasteiger partial charge >= 0.3 is 0 Å². The SMILES string of the molecule is Cc1cc(I)ccc1NC(=O)CSc1ccc(N)cc1Cl. The van der Waals surface area contributed by atoms with Crippen molar-refractivity contribution in [1.82, 2.24) is 0 Å². The first-order chi connectivity index (χ1) is 9.95. The zero-order valence-corrected chi connectivity index (χ0v) is 15.1. The van der Waals surface area contributed by atoms with Crippen LogP contribution < -0.4 is 11.1 Å². The summed E-state index contributed by atoms with van der Waals surface area (Å²) in [6, 6.07) is 11.2. The van der Waals surface area contributed by atoms with Gasteiger partial charge in [0.1, 0.15) is 0 Å². The van der Waals surface area contributed by atoms with E-state index >= 15 is 0 Å². The molecule has 0 unspecified atom stereocenters. The van der Waals surface area contributed by atoms with E-state index in [0.717, 1.165) is 19.7 Å². The predicted octanol–water partition coefficient (Wildman–Crippen LogP) is 4.57. The summed E-state index contributed by atoms with van der Waals surface area (Å²) in [5.41, 5.74) is 8.14. The van der Waals surface area contributed by atoms with Crippen molar-refractivity contribution < 1.29 is 4.79 Å². The van der Waals surface area contributed by atoms with E-state index in [1.165, 1.54) is 11.8 Å². The van der Waals surface area contributed by atoms with E-state index in [-0.39, 0.29) is 5.91 Å². The normalized spacial score (nSPS) is 10.4. The maximum atomic E-state index is 12.0. The fourth-order valence-corrected chi connectivity index (χ4v) is 3.45. The number of amides is 1. The molecule has 110 valence electrons. The first-order valence-corrected chi connectivity index (χ1v) is 8.64. The summed E-state index contributed by atoms with van der Waals surface area (Å²) in [5, 5.41) is 3.48. The Labute approximate surface area is 146 Å². The monoisotopic (exact) mass is 432 g/mol. The minimum absolute atomic E-state index is 0.0581. The molecule has 0 saturated carbocycles. The molecule has 0 aliphatic rings. The van der Waals surface area contributed by atoms with Gasteiger partial charge in [0.2, 0.25) is 5.91 Å². The summed E-state index contributed by atoms with van der Waals surface area (Å²) in [4.78, 5) is 12.8. The predicted molar refractivity (Wildman–Crippen MR) is 99.1 cm³/mol. The highest BCUT2D eigenvalue weighted by atomic mass is 127. The van der Waals surface area contributed by atoms with E-state index in [9.17, 15) is 4.79 Å². The highest BCUT2D eigenvalue weighted by Gasteiger charge is 2.08. The van der Waals surface area contributed by atoms with Crippen molar-refractivity contribution in [1.29, 1.82) is 0 Å². The molecule has 0 aliphatic carbocycles. The van der Waals surface area contributed by atoms with E-state index in [0.29, 0.717) is 16.5 Å². The lowest BCUT2D eigenvalue weighted by Crippen LogP contribution is -2.14. The number of benzene rings is 2. The topological polar surface area (TPSA) is 55.1 Å². The number of aryl methyl sites for hydroxylation is 1. The molecule has 2 rings (SSSR count). The van der Waals surface area contributed by atoms with Gasteiger partial charge in [0.25, 0.3) is 0 Å². The van der Waals surface area contributed by atoms with Gasteiger partial charge in [0, 0.05) is 19.8 Å². The van der Waals surface area contributed by atoms with E-state index in [1.54, 1.807) is 12.1 Å². The molecule has 3 nitrogen and oxygen atoms in total. The average molecular weight is 433 g/mol. The molecular weight excluding hydrogens is 419 g/mol. The molecule has 1 amide bonds. The Morgan fingerprint density at radius 3 is 2.76 bits per heavy atom. The molecule has 0 radical (unpaired) electrons. The van der Waals surface area contributed by atoms with E-state index in [1.807, 2.05) is 31.2 Å². The molecule has 0 spiro atoms. The minimum atomic E-state index is -0.0581. The van der Waals surface area contributed by atoms with Crippen molar-refractivity contribution in [3.8, 4) is 0 Å². The van der Waals surface area contributed by atoms with Crippen LogP contribution in [0.4, 0.5) is 11.4 Å². The third-order valence-corrected chi connectivity index (χ3v) is 4.95. The Bertz CT molecular complexity index is 679. The van der Waals surface area contributed by atoms with Crippen molar-refractivity contribution in [2.45, 2.75) is 11.8 Å². The first-order valence-electron chi connectivity index (χ1n) is 6.19. The zero-order chi connectivity index (χ0) is 15.4. The smallest absolute Gasteiger partial charge is 0.234 e. The van der Waals surface area contributed by atoms with Gasteiger partial charge < -0.3 is 11.1 Å². The second-order valence-electron chi connectivity index (χ2n) is 4.49. The van der Waals surface area contributed by atoms with Crippen LogP contribution in [0.2, 0.25) is 5.02 Å². The summed E-state index contributed by atoms with van der Waals surface area (Å²) in [6.45, 7) is 1.97. The number of carbonyl (C=O) groups is 1. The van der Waals surface area contributed by atoms with Crippen LogP contribution in [0, 0.1) is 10.5 Å². The number of hydrogen-bond donors (Lipinski definition) is 2. The summed E-state index contributed by atoms with van der Waals surface area (Å²) < 4.78 is 1.14. The van der Waals surface area contributed by atoms with Crippen LogP contribution >= 0.6 is 46.0 Å². The van der Waals surface area contributed by atoms with Gasteiger partial charge in [0.05, 0.1) is 10.8 Å². The third kappa shape index (κ3) is 4.79. The van der Waals surface area contributed by atoms with Crippen molar-refractivity contribution in [3.05, 3.63) is 50.6 Å². The van der Waals surface area contributed by atoms with E-state index in [4.69, 9.17) is 17.3 Å². The van der Waals surface area contributed by atoms with Gasteiger partial charge in [0.15, 0.2) is 0 Å². The van der Waals surface area contributed by atoms with E-state index in [2.05, 4.69) is 27.9 Å². The number of nitrogens with one attached hydrogen (secondary N) is 1. The van der Waals surface area contributed by atoms with Crippen LogP contribution in [0.5, 0.6) is 0 Å². The van der Waals surface area contributed by atoms with Crippen LogP contribution in [-0.2, 0) is 4.79 Å². The number of nitrogens with two attached hydrogens (primary N) is 1. The van der Waals surface area contributed by atoms with Crippen LogP contribution in [0.1, 0.15) is 5.56 Å². The van der Waals surface area contributed by atoms with Crippen molar-refractivity contribution in [2.75, 3.05) is 16.8 Å². The quantitative estimate of drug-likeness (QED) is 0.423. The number of thioether (sulfide) groups is 1. The van der Waals surface area contributed by atoms with Crippen LogP contribution in [0.3, 0.4) is 0 Å². The zero-order valence-electron chi connectivity index (χ0n) is 11.3. The average Bonchev–Trinajstić information content (AvgIpc) is 2.41. The first kappa shape index (κ1) is 16.5. The largest absolute Gasteiger partial charge is 0.399 e. The highest BCUT2D eigenvalue weighted by molar-refractivity contribution is 14.1. The number of anilines is 2. The molecule has 21 heavy (non-hydrogen) atoms. The molecule has 0 saturated heterocycles. The fourth-order valence-electron chi connectivity index (χ4n) is 1.73. The summed E-state index contributed by atoms with van der Waals surface area (Å²) >= 11 is 9.72. The van der Waals surface area contributed by atoms with Crippen LogP contribution in [-0.4, -0.2) is 11.7 Å². The van der Waals surface area contributed by atoms with Crippen molar-refractivity contribution in [2.24, 2.45) is 0 Å². The van der Waals surface area contributed by atoms with Gasteiger partial charge in [-0.05, 0) is 71.5 Å². The fraction of sp³-hybridized carbons (Fsp3) is 0.133. The molecule has 0 aliphatic heterocycles. The summed E-state index contributed by atoms with van der Waals surface area (Å²) in [7, 11) is 0. The summed E-state index contributed by atoms with van der Waals surface area (Å²) in [6.07, 6.45) is 0. The molecular formula is C15H14ClIN2OS. The Morgan fingerprint density at radius 2 is 2.10 bits per heavy atom. The van der Waals surface area contributed by atoms with Gasteiger partial charge in [-0.1, -0.05) is 11.6 Å². The number of rotatable bonds is 4. The minimum Gasteiger partial charge on any atom is -0.399 e. The van der Waals surface area contributed by atoms with E-state index < -0.39 is 0 Å². The van der Waals surface area contributed by atoms with Gasteiger partial charge in [-0.15, -0.1) is 11.8 Å². The van der Waals surface area contributed by atoms with Crippen molar-refractivity contribution >= 4 is 63.2 Å². The van der Waals surface area contributed by atoms with Crippen LogP contribution in [0.15, 0.2) is 41.3 Å². The Morgan fingerprint density at radius 1 is 1.33 bits per heavy atom. The summed E-state index contributed by atoms with van der Waals surface area (Å²) in [5.74, 6) is 0.243. The number of hydrogen-bond acceptors (Lipinski definition) is 3. The molecule has 6 heteroatoms. The lowest BCUT2D eigenvalue weighted by Gasteiger charge is -2.09. The van der Waals surface area contributed by atoms with Gasteiger partial charge in [-0.25, -0.2) is 0 Å². The highest BCUT2D eigenvalue weighted by Crippen LogP contribution is 2.29. The molecule has 0 atom stereocenters. The number of nitrogen functional groups attached to an aromatic ring is 1. The van der Waals surface area contributed by atoms with Gasteiger partial charge in [-0.3, -0.25) is 4.79 Å². The Hall–Kier alpha value is -0.920. The Balaban J connectivity index is 1.96. The molecule has 0 heterocycles. The maximum Gasteiger partial charge on any atom is 0.234 e. The third-order valence-electron chi connectivity index (χ3n) is 2.78. The molecule has 0 aromatic heterocycles. The molecule has 2 aromatic carbocycles. The second kappa shape index (κ2) is 7.38. The molecule has 0 bridgehead atoms. The standard InChI is InChI=1S/C15H14ClIN2OS/c1-9-6-10(17)2-4-13(9)19-15(20)8-21-14-5-3-11(18)7-12(14)16/h2-7H,8,18H2,1H3,(H,19,20). The van der Waals surface area contributed by atoms with Crippen molar-refractivity contribution in [3.63, 3.8) is 0 Å². The number of halogens is 2. The molecule has 2 aromatic rings. The van der Waals surface area contributed by atoms with Gasteiger partial charge in [-0.2, -0.15) is 0 Å². The lowest BCUT2D eigenvalue weighted by atomic mass is 10.2.